The molecule has 0 saturated heterocycles. The highest BCUT2D eigenvalue weighted by atomic mass is 35.5. The number of amides is 1. The summed E-state index contributed by atoms with van der Waals surface area (Å²) in [5, 5.41) is 0.686. The van der Waals surface area contributed by atoms with Crippen molar-refractivity contribution < 1.29 is 4.79 Å². The van der Waals surface area contributed by atoms with Gasteiger partial charge in [0.25, 0.3) is 5.91 Å². The van der Waals surface area contributed by atoms with E-state index in [0.717, 1.165) is 29.9 Å². The second-order valence-corrected chi connectivity index (χ2v) is 9.48. The van der Waals surface area contributed by atoms with Crippen LogP contribution in [0.1, 0.15) is 29.8 Å². The summed E-state index contributed by atoms with van der Waals surface area (Å²) in [7, 11) is 0. The summed E-state index contributed by atoms with van der Waals surface area (Å²) in [6.45, 7) is 9.46. The number of fused-ring (bicyclic) bond motifs is 1. The standard InChI is InChI=1S/C19H21Cl2N3OS2/c1-4-23(5-2)8-9-24(18(25)13-11-16(20)27-17(13)21)19-22-14-7-6-12(3)10-15(14)26-19/h6-7,10-11H,4-5,8-9H2,1-3H3. The van der Waals surface area contributed by atoms with Crippen molar-refractivity contribution in [3.8, 4) is 0 Å². The zero-order valence-corrected chi connectivity index (χ0v) is 18.6. The second-order valence-electron chi connectivity index (χ2n) is 6.19. The maximum atomic E-state index is 13.3. The SMILES string of the molecule is CCN(CC)CCN(C(=O)c1cc(Cl)sc1Cl)c1nc2ccc(C)cc2s1. The van der Waals surface area contributed by atoms with Crippen molar-refractivity contribution >= 4 is 67.1 Å². The molecule has 0 spiro atoms. The number of thiazole rings is 1. The van der Waals surface area contributed by atoms with Crippen molar-refractivity contribution in [2.24, 2.45) is 0 Å². The number of thiophene rings is 1. The van der Waals surface area contributed by atoms with Crippen LogP contribution >= 0.6 is 45.9 Å². The largest absolute Gasteiger partial charge is 0.302 e. The van der Waals surface area contributed by atoms with Gasteiger partial charge in [-0.25, -0.2) is 4.98 Å². The van der Waals surface area contributed by atoms with Gasteiger partial charge in [-0.05, 0) is 43.8 Å². The lowest BCUT2D eigenvalue weighted by Crippen LogP contribution is -2.38. The predicted molar refractivity (Wildman–Crippen MR) is 118 cm³/mol. The summed E-state index contributed by atoms with van der Waals surface area (Å²) >= 11 is 15.0. The number of carbonyl (C=O) groups is 1. The number of hydrogen-bond donors (Lipinski definition) is 0. The van der Waals surface area contributed by atoms with Gasteiger partial charge in [-0.3, -0.25) is 9.69 Å². The minimum atomic E-state index is -0.161. The van der Waals surface area contributed by atoms with E-state index in [0.29, 0.717) is 25.9 Å². The van der Waals surface area contributed by atoms with Gasteiger partial charge in [-0.15, -0.1) is 11.3 Å². The number of aromatic nitrogens is 1. The van der Waals surface area contributed by atoms with Crippen LogP contribution in [0.5, 0.6) is 0 Å². The molecule has 0 fully saturated rings. The Kier molecular flexibility index (Phi) is 6.76. The van der Waals surface area contributed by atoms with E-state index in [-0.39, 0.29) is 5.91 Å². The van der Waals surface area contributed by atoms with Crippen molar-refractivity contribution in [1.29, 1.82) is 0 Å². The van der Waals surface area contributed by atoms with Crippen molar-refractivity contribution in [3.05, 3.63) is 44.1 Å². The molecule has 1 amide bonds. The molecule has 8 heteroatoms. The molecule has 144 valence electrons. The van der Waals surface area contributed by atoms with E-state index in [4.69, 9.17) is 28.2 Å². The van der Waals surface area contributed by atoms with Crippen LogP contribution in [-0.2, 0) is 0 Å². The number of hydrogen-bond acceptors (Lipinski definition) is 5. The molecule has 0 unspecified atom stereocenters. The van der Waals surface area contributed by atoms with Crippen molar-refractivity contribution in [3.63, 3.8) is 0 Å². The van der Waals surface area contributed by atoms with Crippen LogP contribution in [0.15, 0.2) is 24.3 Å². The molecule has 3 rings (SSSR count). The van der Waals surface area contributed by atoms with E-state index in [1.165, 1.54) is 28.2 Å². The molecule has 0 aliphatic rings. The van der Waals surface area contributed by atoms with Crippen LogP contribution in [0, 0.1) is 6.92 Å². The number of benzene rings is 1. The zero-order valence-electron chi connectivity index (χ0n) is 15.5. The Morgan fingerprint density at radius 2 is 1.85 bits per heavy atom. The Morgan fingerprint density at radius 3 is 2.48 bits per heavy atom. The highest BCUT2D eigenvalue weighted by molar-refractivity contribution is 7.22. The molecule has 27 heavy (non-hydrogen) atoms. The molecule has 0 bridgehead atoms. The van der Waals surface area contributed by atoms with E-state index in [1.807, 2.05) is 12.1 Å². The van der Waals surface area contributed by atoms with Gasteiger partial charge < -0.3 is 4.90 Å². The van der Waals surface area contributed by atoms with E-state index < -0.39 is 0 Å². The first-order valence-corrected chi connectivity index (χ1v) is 11.2. The topological polar surface area (TPSA) is 36.4 Å². The van der Waals surface area contributed by atoms with Crippen molar-refractivity contribution in [1.82, 2.24) is 9.88 Å². The van der Waals surface area contributed by atoms with Crippen LogP contribution in [0.3, 0.4) is 0 Å². The zero-order chi connectivity index (χ0) is 19.6. The predicted octanol–water partition coefficient (Wildman–Crippen LogP) is 5.96. The number of halogens is 2. The second kappa shape index (κ2) is 8.88. The Bertz CT molecular complexity index is 950. The van der Waals surface area contributed by atoms with Crippen LogP contribution in [0.25, 0.3) is 10.2 Å². The van der Waals surface area contributed by atoms with Gasteiger partial charge in [0.15, 0.2) is 5.13 Å². The molecule has 0 saturated carbocycles. The highest BCUT2D eigenvalue weighted by Crippen LogP contribution is 2.35. The summed E-state index contributed by atoms with van der Waals surface area (Å²) in [4.78, 5) is 22.0. The summed E-state index contributed by atoms with van der Waals surface area (Å²) in [6, 6.07) is 7.76. The molecule has 0 atom stereocenters. The van der Waals surface area contributed by atoms with Gasteiger partial charge in [0.2, 0.25) is 0 Å². The molecular weight excluding hydrogens is 421 g/mol. The molecule has 2 heterocycles. The average molecular weight is 442 g/mol. The van der Waals surface area contributed by atoms with Crippen LogP contribution in [-0.4, -0.2) is 42.0 Å². The first kappa shape index (κ1) is 20.6. The Labute approximate surface area is 177 Å². The first-order valence-electron chi connectivity index (χ1n) is 8.79. The van der Waals surface area contributed by atoms with Gasteiger partial charge in [0, 0.05) is 13.1 Å². The van der Waals surface area contributed by atoms with E-state index in [1.54, 1.807) is 11.0 Å². The molecule has 0 N–H and O–H groups in total. The lowest BCUT2D eigenvalue weighted by Gasteiger charge is -2.24. The summed E-state index contributed by atoms with van der Waals surface area (Å²) in [5.74, 6) is -0.161. The number of aryl methyl sites for hydroxylation is 1. The molecule has 0 aliphatic carbocycles. The van der Waals surface area contributed by atoms with E-state index in [2.05, 4.69) is 31.7 Å². The molecule has 4 nitrogen and oxygen atoms in total. The number of nitrogens with zero attached hydrogens (tertiary/aromatic N) is 3. The van der Waals surface area contributed by atoms with Gasteiger partial charge >= 0.3 is 0 Å². The Balaban J connectivity index is 1.97. The third-order valence-corrected chi connectivity index (χ3v) is 6.96. The number of carbonyl (C=O) groups excluding carboxylic acids is 1. The number of rotatable bonds is 7. The normalized spacial score (nSPS) is 11.5. The first-order chi connectivity index (χ1) is 12.9. The Morgan fingerprint density at radius 1 is 1.11 bits per heavy atom. The lowest BCUT2D eigenvalue weighted by atomic mass is 10.2. The van der Waals surface area contributed by atoms with Gasteiger partial charge in [-0.2, -0.15) is 0 Å². The fourth-order valence-electron chi connectivity index (χ4n) is 2.83. The molecule has 0 aliphatic heterocycles. The molecule has 3 aromatic rings. The number of likely N-dealkylation sites (N-methyl/N-ethyl adjacent to an activating group) is 1. The van der Waals surface area contributed by atoms with Crippen LogP contribution in [0.2, 0.25) is 8.67 Å². The number of anilines is 1. The quantitative estimate of drug-likeness (QED) is 0.453. The minimum Gasteiger partial charge on any atom is -0.302 e. The third kappa shape index (κ3) is 4.63. The monoisotopic (exact) mass is 441 g/mol. The van der Waals surface area contributed by atoms with Gasteiger partial charge in [0.1, 0.15) is 4.34 Å². The third-order valence-electron chi connectivity index (χ3n) is 4.43. The molecule has 2 aromatic heterocycles. The van der Waals surface area contributed by atoms with E-state index in [9.17, 15) is 4.79 Å². The lowest BCUT2D eigenvalue weighted by molar-refractivity contribution is 0.0984. The van der Waals surface area contributed by atoms with Crippen LogP contribution < -0.4 is 4.90 Å². The smallest absolute Gasteiger partial charge is 0.262 e. The summed E-state index contributed by atoms with van der Waals surface area (Å²) in [5.41, 5.74) is 2.50. The van der Waals surface area contributed by atoms with Crippen molar-refractivity contribution in [2.45, 2.75) is 20.8 Å². The average Bonchev–Trinajstić information content (AvgIpc) is 3.20. The van der Waals surface area contributed by atoms with Crippen LogP contribution in [0.4, 0.5) is 5.13 Å². The highest BCUT2D eigenvalue weighted by Gasteiger charge is 2.25. The van der Waals surface area contributed by atoms with Gasteiger partial charge in [0.05, 0.1) is 20.1 Å². The maximum absolute atomic E-state index is 13.3. The molecule has 0 radical (unpaired) electrons. The summed E-state index contributed by atoms with van der Waals surface area (Å²) < 4.78 is 1.99. The molecule has 1 aromatic carbocycles. The summed E-state index contributed by atoms with van der Waals surface area (Å²) in [6.07, 6.45) is 0. The fourth-order valence-corrected chi connectivity index (χ4v) is 5.37. The minimum absolute atomic E-state index is 0.161. The fraction of sp³-hybridized carbons (Fsp3) is 0.368. The van der Waals surface area contributed by atoms with E-state index >= 15 is 0 Å². The van der Waals surface area contributed by atoms with Crippen molar-refractivity contribution in [2.75, 3.05) is 31.1 Å². The molecular formula is C19H21Cl2N3OS2. The Hall–Kier alpha value is -1.18. The maximum Gasteiger partial charge on any atom is 0.262 e. The van der Waals surface area contributed by atoms with Gasteiger partial charge in [-0.1, -0.05) is 54.5 Å².